The monoisotopic (exact) mass is 330 g/mol. The van der Waals surface area contributed by atoms with Gasteiger partial charge in [0.1, 0.15) is 0 Å². The summed E-state index contributed by atoms with van der Waals surface area (Å²) in [6.45, 7) is 5.19. The van der Waals surface area contributed by atoms with E-state index in [2.05, 4.69) is 10.0 Å². The second-order valence-electron chi connectivity index (χ2n) is 5.77. The molecule has 0 heterocycles. The lowest BCUT2D eigenvalue weighted by atomic mass is 10.1. The van der Waals surface area contributed by atoms with Gasteiger partial charge in [-0.1, -0.05) is 37.9 Å². The molecule has 1 aliphatic rings. The third-order valence-corrected chi connectivity index (χ3v) is 5.59. The minimum atomic E-state index is -3.48. The number of hydrogen-bond donors (Lipinski definition) is 2. The summed E-state index contributed by atoms with van der Waals surface area (Å²) >= 11 is 6.20. The van der Waals surface area contributed by atoms with E-state index in [9.17, 15) is 8.42 Å². The Morgan fingerprint density at radius 1 is 1.38 bits per heavy atom. The van der Waals surface area contributed by atoms with Crippen molar-refractivity contribution in [2.75, 3.05) is 6.54 Å². The molecular formula is C15H23ClN2O2S. The average molecular weight is 331 g/mol. The van der Waals surface area contributed by atoms with Crippen LogP contribution < -0.4 is 10.0 Å². The first-order chi connectivity index (χ1) is 9.92. The van der Waals surface area contributed by atoms with E-state index in [0.29, 0.717) is 30.1 Å². The molecule has 0 bridgehead atoms. The summed E-state index contributed by atoms with van der Waals surface area (Å²) in [5.74, 6) is 0.317. The normalized spacial score (nSPS) is 16.9. The lowest BCUT2D eigenvalue weighted by Gasteiger charge is -2.12. The van der Waals surface area contributed by atoms with Gasteiger partial charge in [0.15, 0.2) is 0 Å². The molecule has 1 saturated carbocycles. The molecule has 4 nitrogen and oxygen atoms in total. The van der Waals surface area contributed by atoms with Gasteiger partial charge in [0.25, 0.3) is 0 Å². The van der Waals surface area contributed by atoms with Crippen LogP contribution in [0, 0.1) is 5.92 Å². The van der Waals surface area contributed by atoms with Gasteiger partial charge in [-0.25, -0.2) is 13.1 Å². The smallest absolute Gasteiger partial charge is 0.240 e. The van der Waals surface area contributed by atoms with Crippen LogP contribution in [-0.4, -0.2) is 21.0 Å². The molecule has 1 unspecified atom stereocenters. The molecule has 6 heteroatoms. The molecule has 0 saturated heterocycles. The fraction of sp³-hybridized carbons (Fsp3) is 0.600. The van der Waals surface area contributed by atoms with Crippen LogP contribution in [0.1, 0.15) is 38.7 Å². The van der Waals surface area contributed by atoms with Crippen molar-refractivity contribution in [2.24, 2.45) is 5.92 Å². The van der Waals surface area contributed by atoms with Crippen molar-refractivity contribution in [3.63, 3.8) is 0 Å². The molecule has 1 aromatic rings. The van der Waals surface area contributed by atoms with Crippen LogP contribution in [0.5, 0.6) is 0 Å². The molecule has 118 valence electrons. The lowest BCUT2D eigenvalue weighted by molar-refractivity contribution is 0.528. The summed E-state index contributed by atoms with van der Waals surface area (Å²) in [5, 5.41) is 3.87. The minimum Gasteiger partial charge on any atom is -0.310 e. The van der Waals surface area contributed by atoms with Crippen molar-refractivity contribution >= 4 is 21.6 Å². The maximum absolute atomic E-state index is 12.2. The van der Waals surface area contributed by atoms with Gasteiger partial charge < -0.3 is 5.32 Å². The van der Waals surface area contributed by atoms with Gasteiger partial charge in [0.05, 0.1) is 4.90 Å². The van der Waals surface area contributed by atoms with Crippen LogP contribution in [0.25, 0.3) is 0 Å². The van der Waals surface area contributed by atoms with E-state index in [0.717, 1.165) is 12.0 Å². The third-order valence-electron chi connectivity index (χ3n) is 3.81. The second-order valence-corrected chi connectivity index (χ2v) is 7.95. The summed E-state index contributed by atoms with van der Waals surface area (Å²) in [6, 6.07) is 5.54. The van der Waals surface area contributed by atoms with Gasteiger partial charge in [0, 0.05) is 24.2 Å². The van der Waals surface area contributed by atoms with Gasteiger partial charge >= 0.3 is 0 Å². The zero-order valence-electron chi connectivity index (χ0n) is 12.5. The van der Waals surface area contributed by atoms with E-state index >= 15 is 0 Å². The van der Waals surface area contributed by atoms with Gasteiger partial charge in [-0.05, 0) is 36.5 Å². The van der Waals surface area contributed by atoms with Crippen LogP contribution >= 0.6 is 11.6 Å². The molecule has 0 radical (unpaired) electrons. The predicted octanol–water partition coefficient (Wildman–Crippen LogP) is 2.92. The average Bonchev–Trinajstić information content (AvgIpc) is 3.27. The Morgan fingerprint density at radius 2 is 2.10 bits per heavy atom. The maximum Gasteiger partial charge on any atom is 0.240 e. The van der Waals surface area contributed by atoms with E-state index in [1.54, 1.807) is 12.1 Å². The Balaban J connectivity index is 2.03. The highest BCUT2D eigenvalue weighted by Crippen LogP contribution is 2.23. The maximum atomic E-state index is 12.2. The molecule has 0 spiro atoms. The molecule has 2 rings (SSSR count). The summed E-state index contributed by atoms with van der Waals surface area (Å²) in [7, 11) is -3.48. The molecule has 0 amide bonds. The fourth-order valence-electron chi connectivity index (χ4n) is 1.86. The molecule has 1 aliphatic carbocycles. The van der Waals surface area contributed by atoms with Gasteiger partial charge in [-0.2, -0.15) is 0 Å². The fourth-order valence-corrected chi connectivity index (χ4v) is 3.36. The van der Waals surface area contributed by atoms with Crippen molar-refractivity contribution in [2.45, 2.75) is 50.6 Å². The summed E-state index contributed by atoms with van der Waals surface area (Å²) in [6.07, 6.45) is 3.36. The molecule has 1 fully saturated rings. The molecule has 0 aliphatic heterocycles. The standard InChI is InChI=1S/C15H23ClN2O2S/c1-3-11(2)9-18-21(19,20)14-7-4-12(15(16)8-14)10-17-13-5-6-13/h4,7-8,11,13,17-18H,3,5-6,9-10H2,1-2H3. The second kappa shape index (κ2) is 7.09. The Labute approximate surface area is 132 Å². The van der Waals surface area contributed by atoms with Gasteiger partial charge in [-0.3, -0.25) is 0 Å². The number of hydrogen-bond acceptors (Lipinski definition) is 3. The first-order valence-electron chi connectivity index (χ1n) is 7.44. The van der Waals surface area contributed by atoms with Crippen molar-refractivity contribution in [1.82, 2.24) is 10.0 Å². The third kappa shape index (κ3) is 4.95. The van der Waals surface area contributed by atoms with Gasteiger partial charge in [0.2, 0.25) is 10.0 Å². The SMILES string of the molecule is CCC(C)CNS(=O)(=O)c1ccc(CNC2CC2)c(Cl)c1. The molecule has 0 aromatic heterocycles. The van der Waals surface area contributed by atoms with Crippen LogP contribution in [0.4, 0.5) is 0 Å². The first-order valence-corrected chi connectivity index (χ1v) is 9.30. The molecule has 1 aromatic carbocycles. The zero-order chi connectivity index (χ0) is 15.5. The van der Waals surface area contributed by atoms with E-state index in [1.807, 2.05) is 13.8 Å². The predicted molar refractivity (Wildman–Crippen MR) is 86.0 cm³/mol. The number of sulfonamides is 1. The molecule has 2 N–H and O–H groups in total. The van der Waals surface area contributed by atoms with E-state index in [4.69, 9.17) is 11.6 Å². The zero-order valence-corrected chi connectivity index (χ0v) is 14.1. The van der Waals surface area contributed by atoms with E-state index in [1.165, 1.54) is 18.9 Å². The Morgan fingerprint density at radius 3 is 2.67 bits per heavy atom. The van der Waals surface area contributed by atoms with Gasteiger partial charge in [-0.15, -0.1) is 0 Å². The summed E-state index contributed by atoms with van der Waals surface area (Å²) < 4.78 is 27.0. The van der Waals surface area contributed by atoms with Crippen LogP contribution in [0.3, 0.4) is 0 Å². The highest BCUT2D eigenvalue weighted by molar-refractivity contribution is 7.89. The van der Waals surface area contributed by atoms with Crippen molar-refractivity contribution < 1.29 is 8.42 Å². The van der Waals surface area contributed by atoms with Crippen LogP contribution in [0.15, 0.2) is 23.1 Å². The summed E-state index contributed by atoms with van der Waals surface area (Å²) in [5.41, 5.74) is 0.935. The Kier molecular flexibility index (Phi) is 5.66. The molecule has 21 heavy (non-hydrogen) atoms. The van der Waals surface area contributed by atoms with Crippen molar-refractivity contribution in [3.05, 3.63) is 28.8 Å². The number of benzene rings is 1. The summed E-state index contributed by atoms with van der Waals surface area (Å²) in [4.78, 5) is 0.228. The molecular weight excluding hydrogens is 308 g/mol. The largest absolute Gasteiger partial charge is 0.310 e. The quantitative estimate of drug-likeness (QED) is 0.770. The topological polar surface area (TPSA) is 58.2 Å². The highest BCUT2D eigenvalue weighted by Gasteiger charge is 2.21. The van der Waals surface area contributed by atoms with E-state index in [-0.39, 0.29) is 4.90 Å². The first kappa shape index (κ1) is 16.7. The Bertz CT molecular complexity index is 585. The minimum absolute atomic E-state index is 0.228. The Hall–Kier alpha value is -0.620. The van der Waals surface area contributed by atoms with Crippen LogP contribution in [0.2, 0.25) is 5.02 Å². The number of halogens is 1. The number of nitrogens with one attached hydrogen (secondary N) is 2. The van der Waals surface area contributed by atoms with Crippen molar-refractivity contribution in [1.29, 1.82) is 0 Å². The number of rotatable bonds is 8. The van der Waals surface area contributed by atoms with Crippen LogP contribution in [-0.2, 0) is 16.6 Å². The van der Waals surface area contributed by atoms with E-state index < -0.39 is 10.0 Å². The highest BCUT2D eigenvalue weighted by atomic mass is 35.5. The van der Waals surface area contributed by atoms with Crippen molar-refractivity contribution in [3.8, 4) is 0 Å². The lowest BCUT2D eigenvalue weighted by Crippen LogP contribution is -2.28. The molecule has 1 atom stereocenters.